The van der Waals surface area contributed by atoms with E-state index in [1.165, 1.54) is 0 Å². The smallest absolute Gasteiger partial charge is 0.0827 e. The predicted molar refractivity (Wildman–Crippen MR) is 38.3 cm³/mol. The first-order chi connectivity index (χ1) is 2.77. The molecule has 0 heterocycles. The van der Waals surface area contributed by atoms with Crippen LogP contribution in [0.2, 0.25) is 0 Å². The van der Waals surface area contributed by atoms with Crippen molar-refractivity contribution in [1.82, 2.24) is 0 Å². The van der Waals surface area contributed by atoms with E-state index in [0.717, 1.165) is 0 Å². The molecule has 8 heavy (non-hydrogen) atoms. The molecule has 1 atom stereocenters. The Morgan fingerprint density at radius 1 is 1.50 bits per heavy atom. The van der Waals surface area contributed by atoms with Crippen LogP contribution in [0.1, 0.15) is 6.92 Å². The second-order valence-corrected chi connectivity index (χ2v) is 1.31. The van der Waals surface area contributed by atoms with Gasteiger partial charge in [-0.05, 0) is 6.92 Å². The summed E-state index contributed by atoms with van der Waals surface area (Å²) in [5.41, 5.74) is 5.20. The minimum atomic E-state index is 0. The predicted octanol–water partition coefficient (Wildman–Crippen LogP) is 0.0675. The topological polar surface area (TPSA) is 61.3 Å². The Bertz CT molecular complexity index is 36.5. The van der Waals surface area contributed by atoms with Gasteiger partial charge in [0.05, 0.1) is 6.61 Å². The van der Waals surface area contributed by atoms with Crippen LogP contribution in [0.5, 0.6) is 0 Å². The molecule has 0 bridgehead atoms. The van der Waals surface area contributed by atoms with E-state index < -0.39 is 0 Å². The summed E-state index contributed by atoms with van der Waals surface area (Å²) in [5, 5.41) is 0. The molecular weight excluding hydrogens is 151 g/mol. The highest BCUT2D eigenvalue weighted by Gasteiger charge is 1.86. The van der Waals surface area contributed by atoms with Gasteiger partial charge in [-0.3, -0.25) is 0 Å². The van der Waals surface area contributed by atoms with Gasteiger partial charge in [-0.1, -0.05) is 0 Å². The molecule has 0 aromatic carbocycles. The van der Waals surface area contributed by atoms with Crippen molar-refractivity contribution in [1.29, 1.82) is 0 Å². The minimum Gasteiger partial charge on any atom is -0.326 e. The maximum atomic E-state index is 5.20. The van der Waals surface area contributed by atoms with Crippen LogP contribution in [0.15, 0.2) is 0 Å². The highest BCUT2D eigenvalue weighted by Crippen LogP contribution is 1.68. The maximum Gasteiger partial charge on any atom is 0.0827 e. The summed E-state index contributed by atoms with van der Waals surface area (Å²) in [4.78, 5) is 4.18. The fourth-order valence-electron chi connectivity index (χ4n) is 0.152. The summed E-state index contributed by atoms with van der Waals surface area (Å²) < 4.78 is 0. The van der Waals surface area contributed by atoms with E-state index in [4.69, 9.17) is 5.73 Å². The monoisotopic (exact) mass is 162 g/mol. The van der Waals surface area contributed by atoms with Crippen LogP contribution in [0, 0.1) is 0 Å². The maximum absolute atomic E-state index is 5.20. The van der Waals surface area contributed by atoms with Crippen LogP contribution < -0.4 is 11.6 Å². The van der Waals surface area contributed by atoms with Gasteiger partial charge in [-0.15, -0.1) is 24.8 Å². The number of nitrogens with two attached hydrogens (primary N) is 2. The van der Waals surface area contributed by atoms with Gasteiger partial charge < -0.3 is 10.6 Å². The third-order valence-electron chi connectivity index (χ3n) is 0.359. The molecule has 5 heteroatoms. The Balaban J connectivity index is -0.000000125. The largest absolute Gasteiger partial charge is 0.326 e. The van der Waals surface area contributed by atoms with Gasteiger partial charge in [-0.25, -0.2) is 5.90 Å². The van der Waals surface area contributed by atoms with Crippen molar-refractivity contribution in [3.8, 4) is 0 Å². The van der Waals surface area contributed by atoms with E-state index in [9.17, 15) is 0 Å². The molecule has 0 aliphatic rings. The van der Waals surface area contributed by atoms with Crippen LogP contribution >= 0.6 is 24.8 Å². The van der Waals surface area contributed by atoms with E-state index in [0.29, 0.717) is 6.61 Å². The lowest BCUT2D eigenvalue weighted by molar-refractivity contribution is 0.128. The first-order valence-corrected chi connectivity index (χ1v) is 1.84. The molecule has 0 amide bonds. The molecular formula is C3H12Cl2N2O. The highest BCUT2D eigenvalue weighted by molar-refractivity contribution is 5.85. The molecule has 3 nitrogen and oxygen atoms in total. The lowest BCUT2D eigenvalue weighted by Crippen LogP contribution is -2.23. The summed E-state index contributed by atoms with van der Waals surface area (Å²) in [6.07, 6.45) is 0. The minimum absolute atomic E-state index is 0. The Hall–Kier alpha value is 0.460. The van der Waals surface area contributed by atoms with Gasteiger partial charge in [0, 0.05) is 6.04 Å². The fourth-order valence-corrected chi connectivity index (χ4v) is 0.152. The van der Waals surface area contributed by atoms with Gasteiger partial charge in [0.25, 0.3) is 0 Å². The van der Waals surface area contributed by atoms with E-state index >= 15 is 0 Å². The average Bonchev–Trinajstić information content (AvgIpc) is 1.35. The fraction of sp³-hybridized carbons (Fsp3) is 1.00. The van der Waals surface area contributed by atoms with Gasteiger partial charge in [0.15, 0.2) is 0 Å². The van der Waals surface area contributed by atoms with Crippen molar-refractivity contribution in [2.45, 2.75) is 13.0 Å². The molecule has 0 spiro atoms. The van der Waals surface area contributed by atoms with E-state index in [-0.39, 0.29) is 30.9 Å². The Kier molecular flexibility index (Phi) is 20.6. The van der Waals surface area contributed by atoms with E-state index in [2.05, 4.69) is 10.7 Å². The molecule has 0 saturated carbocycles. The molecule has 0 aromatic heterocycles. The number of rotatable bonds is 2. The first-order valence-electron chi connectivity index (χ1n) is 1.84. The summed E-state index contributed by atoms with van der Waals surface area (Å²) >= 11 is 0. The van der Waals surface area contributed by atoms with Gasteiger partial charge in [0.1, 0.15) is 0 Å². The van der Waals surface area contributed by atoms with Crippen molar-refractivity contribution in [3.05, 3.63) is 0 Å². The van der Waals surface area contributed by atoms with Crippen molar-refractivity contribution in [3.63, 3.8) is 0 Å². The first kappa shape index (κ1) is 15.8. The number of halogens is 2. The SMILES string of the molecule is C[C@H](N)CON.Cl.Cl. The molecule has 0 aliphatic carbocycles. The third kappa shape index (κ3) is 16.1. The summed E-state index contributed by atoms with van der Waals surface area (Å²) in [7, 11) is 0. The molecule has 54 valence electrons. The zero-order chi connectivity index (χ0) is 4.99. The van der Waals surface area contributed by atoms with Crippen LogP contribution in [0.3, 0.4) is 0 Å². The quantitative estimate of drug-likeness (QED) is 0.566. The number of hydrogen-bond acceptors (Lipinski definition) is 3. The van der Waals surface area contributed by atoms with Crippen molar-refractivity contribution < 1.29 is 4.84 Å². The Morgan fingerprint density at radius 2 is 1.88 bits per heavy atom. The van der Waals surface area contributed by atoms with E-state index in [1.807, 2.05) is 6.92 Å². The molecule has 0 radical (unpaired) electrons. The Morgan fingerprint density at radius 3 is 1.88 bits per heavy atom. The molecule has 0 fully saturated rings. The summed E-state index contributed by atoms with van der Waals surface area (Å²) in [6.45, 7) is 2.26. The van der Waals surface area contributed by atoms with Crippen molar-refractivity contribution >= 4 is 24.8 Å². The van der Waals surface area contributed by atoms with Gasteiger partial charge in [-0.2, -0.15) is 0 Å². The van der Waals surface area contributed by atoms with Crippen LogP contribution in [-0.4, -0.2) is 12.6 Å². The molecule has 0 rings (SSSR count). The van der Waals surface area contributed by atoms with Crippen LogP contribution in [-0.2, 0) is 4.84 Å². The average molecular weight is 163 g/mol. The Labute approximate surface area is 61.5 Å². The van der Waals surface area contributed by atoms with Gasteiger partial charge >= 0.3 is 0 Å². The van der Waals surface area contributed by atoms with Crippen molar-refractivity contribution in [2.24, 2.45) is 11.6 Å². The van der Waals surface area contributed by atoms with Crippen molar-refractivity contribution in [2.75, 3.05) is 6.61 Å². The molecule has 0 unspecified atom stereocenters. The third-order valence-corrected chi connectivity index (χ3v) is 0.359. The van der Waals surface area contributed by atoms with Crippen LogP contribution in [0.25, 0.3) is 0 Å². The number of hydrogen-bond donors (Lipinski definition) is 2. The molecule has 4 N–H and O–H groups in total. The molecule has 0 saturated heterocycles. The lowest BCUT2D eigenvalue weighted by atomic mass is 10.4. The standard InChI is InChI=1S/C3H10N2O.2ClH/c1-3(4)2-6-5;;/h3H,2,4-5H2,1H3;2*1H/t3-;;/m0../s1. The molecule has 0 aromatic rings. The van der Waals surface area contributed by atoms with Crippen LogP contribution in [0.4, 0.5) is 0 Å². The lowest BCUT2D eigenvalue weighted by Gasteiger charge is -1.97. The second-order valence-electron chi connectivity index (χ2n) is 1.31. The second kappa shape index (κ2) is 10.4. The molecule has 0 aliphatic heterocycles. The normalized spacial score (nSPS) is 10.9. The zero-order valence-corrected chi connectivity index (χ0v) is 6.30. The van der Waals surface area contributed by atoms with E-state index in [1.54, 1.807) is 0 Å². The zero-order valence-electron chi connectivity index (χ0n) is 4.66. The highest BCUT2D eigenvalue weighted by atomic mass is 35.5. The van der Waals surface area contributed by atoms with Gasteiger partial charge in [0.2, 0.25) is 0 Å². The summed E-state index contributed by atoms with van der Waals surface area (Å²) in [6, 6.07) is 0.0509. The summed E-state index contributed by atoms with van der Waals surface area (Å²) in [5.74, 6) is 4.65.